The minimum Gasteiger partial charge on any atom is -0.452 e. The van der Waals surface area contributed by atoms with E-state index in [1.54, 1.807) is 7.05 Å². The first-order valence-corrected chi connectivity index (χ1v) is 11.1. The second kappa shape index (κ2) is 9.99. The first-order chi connectivity index (χ1) is 14.8. The predicted molar refractivity (Wildman–Crippen MR) is 109 cm³/mol. The number of carbonyl (C=O) groups is 2. The molecule has 10 heteroatoms. The number of ether oxygens (including phenoxy) is 2. The van der Waals surface area contributed by atoms with E-state index in [-0.39, 0.29) is 31.2 Å². The topological polar surface area (TPSA) is 93.2 Å². The van der Waals surface area contributed by atoms with Crippen molar-refractivity contribution in [2.75, 3.05) is 40.0 Å². The number of sulfonamides is 1. The highest BCUT2D eigenvalue weighted by molar-refractivity contribution is 7.89. The van der Waals surface area contributed by atoms with Gasteiger partial charge in [-0.05, 0) is 23.8 Å². The Bertz CT molecular complexity index is 1040. The van der Waals surface area contributed by atoms with E-state index in [0.29, 0.717) is 6.54 Å². The summed E-state index contributed by atoms with van der Waals surface area (Å²) in [4.78, 5) is 25.7. The molecule has 0 unspecified atom stereocenters. The van der Waals surface area contributed by atoms with Crippen LogP contribution < -0.4 is 0 Å². The summed E-state index contributed by atoms with van der Waals surface area (Å²) in [6.45, 7) is 0.576. The number of hydrogen-bond donors (Lipinski definition) is 0. The zero-order chi connectivity index (χ0) is 22.4. The third-order valence-corrected chi connectivity index (χ3v) is 6.68. The average Bonchev–Trinajstić information content (AvgIpc) is 2.78. The molecular formula is C21H23FN2O6S. The fraction of sp³-hybridized carbons (Fsp3) is 0.333. The molecule has 31 heavy (non-hydrogen) atoms. The zero-order valence-electron chi connectivity index (χ0n) is 17.0. The molecule has 1 aliphatic heterocycles. The molecule has 2 aromatic carbocycles. The van der Waals surface area contributed by atoms with Gasteiger partial charge in [0.25, 0.3) is 5.91 Å². The van der Waals surface area contributed by atoms with E-state index in [1.165, 1.54) is 9.21 Å². The molecule has 1 aliphatic rings. The maximum absolute atomic E-state index is 14.2. The van der Waals surface area contributed by atoms with Crippen LogP contribution in [0.25, 0.3) is 0 Å². The third kappa shape index (κ3) is 5.66. The summed E-state index contributed by atoms with van der Waals surface area (Å²) in [5, 5.41) is 0. The van der Waals surface area contributed by atoms with Crippen LogP contribution in [-0.2, 0) is 30.8 Å². The number of morpholine rings is 1. The first kappa shape index (κ1) is 22.9. The number of esters is 1. The summed E-state index contributed by atoms with van der Waals surface area (Å²) < 4.78 is 51.0. The fourth-order valence-corrected chi connectivity index (χ4v) is 4.45. The molecule has 0 atom stereocenters. The minimum absolute atomic E-state index is 0.168. The van der Waals surface area contributed by atoms with Gasteiger partial charge in [-0.1, -0.05) is 30.3 Å². The Morgan fingerprint density at radius 3 is 2.48 bits per heavy atom. The van der Waals surface area contributed by atoms with Crippen LogP contribution >= 0.6 is 0 Å². The molecule has 1 heterocycles. The Morgan fingerprint density at radius 2 is 1.81 bits per heavy atom. The highest BCUT2D eigenvalue weighted by Crippen LogP contribution is 2.21. The highest BCUT2D eigenvalue weighted by atomic mass is 32.2. The van der Waals surface area contributed by atoms with Crippen molar-refractivity contribution in [2.45, 2.75) is 11.4 Å². The number of rotatable bonds is 7. The van der Waals surface area contributed by atoms with Crippen molar-refractivity contribution < 1.29 is 31.9 Å². The second-order valence-electron chi connectivity index (χ2n) is 6.97. The molecule has 2 aromatic rings. The monoisotopic (exact) mass is 450 g/mol. The Kier molecular flexibility index (Phi) is 7.37. The number of likely N-dealkylation sites (N-methyl/N-ethyl adjacent to an activating group) is 1. The lowest BCUT2D eigenvalue weighted by atomic mass is 10.2. The van der Waals surface area contributed by atoms with E-state index in [2.05, 4.69) is 0 Å². The summed E-state index contributed by atoms with van der Waals surface area (Å²) in [5.74, 6) is -2.52. The molecule has 0 radical (unpaired) electrons. The van der Waals surface area contributed by atoms with E-state index in [1.807, 2.05) is 30.3 Å². The first-order valence-electron chi connectivity index (χ1n) is 9.61. The lowest BCUT2D eigenvalue weighted by Crippen LogP contribution is -2.40. The van der Waals surface area contributed by atoms with Gasteiger partial charge >= 0.3 is 5.97 Å². The summed E-state index contributed by atoms with van der Waals surface area (Å²) >= 11 is 0. The van der Waals surface area contributed by atoms with Crippen molar-refractivity contribution >= 4 is 21.9 Å². The largest absolute Gasteiger partial charge is 0.452 e. The van der Waals surface area contributed by atoms with E-state index < -0.39 is 39.9 Å². The number of halogens is 1. The van der Waals surface area contributed by atoms with Gasteiger partial charge in [0, 0.05) is 26.7 Å². The molecule has 0 bridgehead atoms. The Balaban J connectivity index is 1.66. The molecule has 0 aliphatic carbocycles. The van der Waals surface area contributed by atoms with E-state index in [9.17, 15) is 22.4 Å². The van der Waals surface area contributed by atoms with Crippen LogP contribution in [-0.4, -0.2) is 69.5 Å². The quantitative estimate of drug-likeness (QED) is 0.596. The average molecular weight is 450 g/mol. The Hall–Kier alpha value is -2.82. The smallest absolute Gasteiger partial charge is 0.341 e. The summed E-state index contributed by atoms with van der Waals surface area (Å²) in [6, 6.07) is 12.2. The Labute approximate surface area is 180 Å². The molecule has 0 spiro atoms. The van der Waals surface area contributed by atoms with Gasteiger partial charge in [0.1, 0.15) is 5.82 Å². The van der Waals surface area contributed by atoms with Crippen molar-refractivity contribution in [3.63, 3.8) is 0 Å². The normalized spacial score (nSPS) is 14.8. The predicted octanol–water partition coefficient (Wildman–Crippen LogP) is 1.66. The number of hydrogen-bond acceptors (Lipinski definition) is 6. The molecule has 8 nitrogen and oxygen atoms in total. The SMILES string of the molecule is CN(Cc1ccccc1)C(=O)COC(=O)c1cc(S(=O)(=O)N2CCOCC2)ccc1F. The van der Waals surface area contributed by atoms with Crippen LogP contribution in [0.2, 0.25) is 0 Å². The zero-order valence-corrected chi connectivity index (χ0v) is 17.8. The minimum atomic E-state index is -3.91. The molecule has 0 saturated carbocycles. The molecule has 1 amide bonds. The van der Waals surface area contributed by atoms with Crippen LogP contribution in [0.3, 0.4) is 0 Å². The van der Waals surface area contributed by atoms with E-state index >= 15 is 0 Å². The third-order valence-electron chi connectivity index (χ3n) is 4.78. The van der Waals surface area contributed by atoms with Crippen LogP contribution in [0.5, 0.6) is 0 Å². The Morgan fingerprint density at radius 1 is 1.13 bits per heavy atom. The van der Waals surface area contributed by atoms with Crippen LogP contribution in [0.1, 0.15) is 15.9 Å². The highest BCUT2D eigenvalue weighted by Gasteiger charge is 2.28. The summed E-state index contributed by atoms with van der Waals surface area (Å²) in [5.41, 5.74) is 0.351. The van der Waals surface area contributed by atoms with Crippen molar-refractivity contribution in [1.82, 2.24) is 9.21 Å². The lowest BCUT2D eigenvalue weighted by Gasteiger charge is -2.26. The lowest BCUT2D eigenvalue weighted by molar-refractivity contribution is -0.133. The number of benzene rings is 2. The number of carbonyl (C=O) groups excluding carboxylic acids is 2. The van der Waals surface area contributed by atoms with E-state index in [0.717, 1.165) is 23.8 Å². The molecule has 166 valence electrons. The van der Waals surface area contributed by atoms with Gasteiger partial charge < -0.3 is 14.4 Å². The van der Waals surface area contributed by atoms with Crippen molar-refractivity contribution in [2.24, 2.45) is 0 Å². The molecule has 0 N–H and O–H groups in total. The van der Waals surface area contributed by atoms with Gasteiger partial charge in [0.2, 0.25) is 10.0 Å². The van der Waals surface area contributed by atoms with E-state index in [4.69, 9.17) is 9.47 Å². The molecule has 0 aromatic heterocycles. The van der Waals surface area contributed by atoms with Crippen molar-refractivity contribution in [3.05, 3.63) is 65.5 Å². The molecule has 3 rings (SSSR count). The van der Waals surface area contributed by atoms with Gasteiger partial charge in [-0.2, -0.15) is 4.31 Å². The standard InChI is InChI=1S/C21H23FN2O6S/c1-23(14-16-5-3-2-4-6-16)20(25)15-30-21(26)18-13-17(7-8-19(18)22)31(27,28)24-9-11-29-12-10-24/h2-8,13H,9-12,14-15H2,1H3. The maximum Gasteiger partial charge on any atom is 0.341 e. The van der Waals surface area contributed by atoms with Crippen molar-refractivity contribution in [3.8, 4) is 0 Å². The van der Waals surface area contributed by atoms with Crippen molar-refractivity contribution in [1.29, 1.82) is 0 Å². The molecule has 1 fully saturated rings. The van der Waals surface area contributed by atoms with Crippen LogP contribution in [0.15, 0.2) is 53.4 Å². The van der Waals surface area contributed by atoms with Gasteiger partial charge in [-0.3, -0.25) is 4.79 Å². The maximum atomic E-state index is 14.2. The van der Waals surface area contributed by atoms with Gasteiger partial charge in [-0.25, -0.2) is 17.6 Å². The van der Waals surface area contributed by atoms with Crippen LogP contribution in [0, 0.1) is 5.82 Å². The fourth-order valence-electron chi connectivity index (χ4n) is 3.02. The number of nitrogens with zero attached hydrogens (tertiary/aromatic N) is 2. The molecular weight excluding hydrogens is 427 g/mol. The number of amides is 1. The second-order valence-corrected chi connectivity index (χ2v) is 8.91. The summed E-state index contributed by atoms with van der Waals surface area (Å²) in [7, 11) is -2.36. The van der Waals surface area contributed by atoms with Crippen LogP contribution in [0.4, 0.5) is 4.39 Å². The van der Waals surface area contributed by atoms with Gasteiger partial charge in [-0.15, -0.1) is 0 Å². The summed E-state index contributed by atoms with van der Waals surface area (Å²) in [6.07, 6.45) is 0. The van der Waals surface area contributed by atoms with Gasteiger partial charge in [0.15, 0.2) is 6.61 Å². The van der Waals surface area contributed by atoms with Gasteiger partial charge in [0.05, 0.1) is 23.7 Å². The molecule has 1 saturated heterocycles.